The van der Waals surface area contributed by atoms with Crippen LogP contribution in [0.5, 0.6) is 0 Å². The molecule has 0 fully saturated rings. The predicted molar refractivity (Wildman–Crippen MR) is 107 cm³/mol. The third kappa shape index (κ3) is 7.76. The fourth-order valence-electron chi connectivity index (χ4n) is 3.66. The highest BCUT2D eigenvalue weighted by atomic mass is 28.3. The lowest BCUT2D eigenvalue weighted by atomic mass is 10.1. The number of carboxylic acid groups (broad SMARTS) is 2. The second-order valence-electron chi connectivity index (χ2n) is 7.16. The predicted octanol–water partition coefficient (Wildman–Crippen LogP) is 6.03. The lowest BCUT2D eigenvalue weighted by Crippen LogP contribution is -2.42. The second-order valence-corrected chi connectivity index (χ2v) is 11.7. The zero-order valence-electron chi connectivity index (χ0n) is 16.7. The van der Waals surface area contributed by atoms with Gasteiger partial charge in [0.05, 0.1) is 8.07 Å². The molecule has 25 heavy (non-hydrogen) atoms. The fourth-order valence-corrected chi connectivity index (χ4v) is 9.58. The molecule has 0 aromatic heterocycles. The highest BCUT2D eigenvalue weighted by Crippen LogP contribution is 2.37. The van der Waals surface area contributed by atoms with Gasteiger partial charge in [-0.05, 0) is 12.8 Å². The van der Waals surface area contributed by atoms with E-state index in [-0.39, 0.29) is 5.57 Å². The first-order valence-corrected chi connectivity index (χ1v) is 12.7. The van der Waals surface area contributed by atoms with Crippen molar-refractivity contribution in [2.24, 2.45) is 0 Å². The molecule has 0 aromatic carbocycles. The van der Waals surface area contributed by atoms with Gasteiger partial charge in [0.25, 0.3) is 0 Å². The Bertz CT molecular complexity index is 421. The first-order chi connectivity index (χ1) is 11.9. The molecule has 146 valence electrons. The Balaban J connectivity index is 6.25. The third-order valence-electron chi connectivity index (χ3n) is 5.11. The summed E-state index contributed by atoms with van der Waals surface area (Å²) >= 11 is 0. The van der Waals surface area contributed by atoms with E-state index >= 15 is 0 Å². The Morgan fingerprint density at radius 3 is 1.36 bits per heavy atom. The summed E-state index contributed by atoms with van der Waals surface area (Å²) in [6, 6.07) is 2.73. The normalized spacial score (nSPS) is 12.8. The van der Waals surface area contributed by atoms with E-state index in [2.05, 4.69) is 20.8 Å². The van der Waals surface area contributed by atoms with Crippen molar-refractivity contribution in [2.45, 2.75) is 104 Å². The van der Waals surface area contributed by atoms with E-state index in [1.54, 1.807) is 0 Å². The topological polar surface area (TPSA) is 74.6 Å². The van der Waals surface area contributed by atoms with Crippen molar-refractivity contribution in [3.63, 3.8) is 0 Å². The smallest absolute Gasteiger partial charge is 0.331 e. The molecule has 0 rings (SSSR count). The van der Waals surface area contributed by atoms with Gasteiger partial charge in [0.15, 0.2) is 0 Å². The minimum Gasteiger partial charge on any atom is -0.478 e. The molecular weight excluding hydrogens is 332 g/mol. The van der Waals surface area contributed by atoms with Gasteiger partial charge in [0, 0.05) is 10.8 Å². The van der Waals surface area contributed by atoms with Crippen LogP contribution in [0.4, 0.5) is 0 Å². The molecule has 0 saturated heterocycles. The Morgan fingerprint density at radius 2 is 1.08 bits per heavy atom. The van der Waals surface area contributed by atoms with Crippen molar-refractivity contribution in [2.75, 3.05) is 0 Å². The maximum absolute atomic E-state index is 12.3. The summed E-state index contributed by atoms with van der Waals surface area (Å²) in [5.74, 6) is -1.99. The number of carboxylic acids is 2. The lowest BCUT2D eigenvalue weighted by molar-refractivity contribution is -0.135. The van der Waals surface area contributed by atoms with Gasteiger partial charge in [0.2, 0.25) is 0 Å². The summed E-state index contributed by atoms with van der Waals surface area (Å²) in [7, 11) is -2.33. The first kappa shape index (κ1) is 23.9. The summed E-state index contributed by atoms with van der Waals surface area (Å²) in [4.78, 5) is 24.2. The third-order valence-corrected chi connectivity index (χ3v) is 10.6. The number of hydrogen-bond donors (Lipinski definition) is 2. The Kier molecular flexibility index (Phi) is 12.6. The zero-order valence-corrected chi connectivity index (χ0v) is 17.7. The van der Waals surface area contributed by atoms with Crippen LogP contribution in [0.1, 0.15) is 85.5 Å². The number of rotatable bonds is 15. The van der Waals surface area contributed by atoms with Gasteiger partial charge < -0.3 is 10.2 Å². The molecule has 0 aliphatic carbocycles. The van der Waals surface area contributed by atoms with Crippen molar-refractivity contribution >= 4 is 20.0 Å². The molecule has 2 N–H and O–H groups in total. The van der Waals surface area contributed by atoms with Crippen LogP contribution in [0, 0.1) is 0 Å². The van der Waals surface area contributed by atoms with Crippen LogP contribution < -0.4 is 0 Å². The molecule has 0 aliphatic heterocycles. The van der Waals surface area contributed by atoms with E-state index in [0.717, 1.165) is 69.5 Å². The summed E-state index contributed by atoms with van der Waals surface area (Å²) in [5, 5.41) is 20.1. The summed E-state index contributed by atoms with van der Waals surface area (Å²) < 4.78 is 0. The monoisotopic (exact) mass is 370 g/mol. The lowest BCUT2D eigenvalue weighted by Gasteiger charge is -2.34. The molecule has 0 heterocycles. The number of hydrogen-bond acceptors (Lipinski definition) is 2. The Morgan fingerprint density at radius 1 is 0.680 bits per heavy atom. The van der Waals surface area contributed by atoms with E-state index in [1.807, 2.05) is 6.92 Å². The molecule has 0 amide bonds. The SMILES string of the molecule is CCCCC(C(=O)O)=C(C(=O)O)[Si](CCCC)(CCCC)CCCC. The standard InChI is InChI=1S/C20H38O4Si/c1-5-9-13-17(19(21)22)18(20(23)24)25(14-10-6-2,15-11-7-3)16-12-8-4/h5-16H2,1-4H3,(H,21,22)(H,23,24). The molecule has 0 spiro atoms. The van der Waals surface area contributed by atoms with Crippen LogP contribution in [0.3, 0.4) is 0 Å². The van der Waals surface area contributed by atoms with Crippen LogP contribution in [-0.4, -0.2) is 30.2 Å². The van der Waals surface area contributed by atoms with Crippen molar-refractivity contribution < 1.29 is 19.8 Å². The second kappa shape index (κ2) is 13.1. The van der Waals surface area contributed by atoms with Crippen molar-refractivity contribution in [3.8, 4) is 0 Å². The summed E-state index contributed by atoms with van der Waals surface area (Å²) in [5.41, 5.74) is 0.198. The van der Waals surface area contributed by atoms with Crippen LogP contribution >= 0.6 is 0 Å². The molecule has 0 aromatic rings. The zero-order chi connectivity index (χ0) is 19.3. The highest BCUT2D eigenvalue weighted by Gasteiger charge is 2.41. The molecular formula is C20H38O4Si. The maximum Gasteiger partial charge on any atom is 0.331 e. The highest BCUT2D eigenvalue weighted by molar-refractivity contribution is 6.90. The molecule has 0 aliphatic rings. The van der Waals surface area contributed by atoms with Crippen molar-refractivity contribution in [1.82, 2.24) is 0 Å². The van der Waals surface area contributed by atoms with E-state index in [9.17, 15) is 19.8 Å². The molecule has 5 heteroatoms. The Labute approximate surface area is 154 Å². The summed E-state index contributed by atoms with van der Waals surface area (Å²) in [6.07, 6.45) is 8.05. The Hall–Kier alpha value is -1.10. The van der Waals surface area contributed by atoms with Gasteiger partial charge in [0.1, 0.15) is 0 Å². The van der Waals surface area contributed by atoms with Crippen LogP contribution in [0.2, 0.25) is 18.1 Å². The van der Waals surface area contributed by atoms with Gasteiger partial charge in [-0.25, -0.2) is 9.59 Å². The van der Waals surface area contributed by atoms with Crippen LogP contribution in [0.25, 0.3) is 0 Å². The summed E-state index contributed by atoms with van der Waals surface area (Å²) in [6.45, 7) is 8.38. The van der Waals surface area contributed by atoms with Gasteiger partial charge in [-0.2, -0.15) is 0 Å². The largest absolute Gasteiger partial charge is 0.478 e. The molecule has 0 bridgehead atoms. The number of aliphatic carboxylic acids is 2. The van der Waals surface area contributed by atoms with Crippen molar-refractivity contribution in [1.29, 1.82) is 0 Å². The van der Waals surface area contributed by atoms with E-state index in [1.165, 1.54) is 0 Å². The quantitative estimate of drug-likeness (QED) is 0.272. The van der Waals surface area contributed by atoms with Gasteiger partial charge in [-0.15, -0.1) is 0 Å². The minimum atomic E-state index is -2.33. The van der Waals surface area contributed by atoms with E-state index in [0.29, 0.717) is 11.6 Å². The van der Waals surface area contributed by atoms with Crippen molar-refractivity contribution in [3.05, 3.63) is 10.8 Å². The first-order valence-electron chi connectivity index (χ1n) is 10.1. The molecule has 4 nitrogen and oxygen atoms in total. The minimum absolute atomic E-state index is 0.198. The van der Waals surface area contributed by atoms with E-state index < -0.39 is 20.0 Å². The van der Waals surface area contributed by atoms with Gasteiger partial charge in [-0.3, -0.25) is 0 Å². The molecule has 0 unspecified atom stereocenters. The number of carbonyl (C=O) groups is 2. The molecule has 0 atom stereocenters. The van der Waals surface area contributed by atoms with Gasteiger partial charge in [-0.1, -0.05) is 90.8 Å². The van der Waals surface area contributed by atoms with Crippen LogP contribution in [-0.2, 0) is 9.59 Å². The van der Waals surface area contributed by atoms with Gasteiger partial charge >= 0.3 is 11.9 Å². The van der Waals surface area contributed by atoms with E-state index in [4.69, 9.17) is 0 Å². The number of unbranched alkanes of at least 4 members (excludes halogenated alkanes) is 4. The average molecular weight is 371 g/mol. The van der Waals surface area contributed by atoms with Crippen LogP contribution in [0.15, 0.2) is 10.8 Å². The molecule has 0 radical (unpaired) electrons. The fraction of sp³-hybridized carbons (Fsp3) is 0.800. The maximum atomic E-state index is 12.3. The molecule has 0 saturated carbocycles. The average Bonchev–Trinajstić information content (AvgIpc) is 2.58.